The molecule has 0 radical (unpaired) electrons. The van der Waals surface area contributed by atoms with Crippen LogP contribution in [0.3, 0.4) is 0 Å². The zero-order valence-corrected chi connectivity index (χ0v) is 19.3. The van der Waals surface area contributed by atoms with E-state index in [9.17, 15) is 13.2 Å². The summed E-state index contributed by atoms with van der Waals surface area (Å²) < 4.78 is 27.5. The third-order valence-electron chi connectivity index (χ3n) is 5.12. The maximum Gasteiger partial charge on any atom is 0.265 e. The van der Waals surface area contributed by atoms with Crippen LogP contribution < -0.4 is 0 Å². The van der Waals surface area contributed by atoms with Crippen molar-refractivity contribution in [1.82, 2.24) is 14.2 Å². The van der Waals surface area contributed by atoms with E-state index in [1.165, 1.54) is 15.6 Å². The SMILES string of the molecule is Cc1ccc(S(=O)(=O)N2CCCN(C(=O)c3sc(-c4cccs4)nc3C)CC2)cc1. The van der Waals surface area contributed by atoms with Crippen LogP contribution in [0.2, 0.25) is 0 Å². The van der Waals surface area contributed by atoms with Crippen molar-refractivity contribution in [2.75, 3.05) is 26.2 Å². The molecule has 1 aliphatic rings. The Morgan fingerprint density at radius 3 is 2.50 bits per heavy atom. The molecule has 0 N–H and O–H groups in total. The van der Waals surface area contributed by atoms with Gasteiger partial charge in [0.15, 0.2) is 0 Å². The topological polar surface area (TPSA) is 70.6 Å². The van der Waals surface area contributed by atoms with Crippen molar-refractivity contribution in [3.05, 3.63) is 57.9 Å². The molecular formula is C21H23N3O3S3. The van der Waals surface area contributed by atoms with Gasteiger partial charge >= 0.3 is 0 Å². The van der Waals surface area contributed by atoms with E-state index in [-0.39, 0.29) is 12.5 Å². The highest BCUT2D eigenvalue weighted by Crippen LogP contribution is 2.32. The molecule has 0 saturated carbocycles. The van der Waals surface area contributed by atoms with Gasteiger partial charge in [-0.1, -0.05) is 23.8 Å². The average Bonchev–Trinajstić information content (AvgIpc) is 3.31. The first kappa shape index (κ1) is 21.2. The highest BCUT2D eigenvalue weighted by Gasteiger charge is 2.29. The minimum Gasteiger partial charge on any atom is -0.337 e. The lowest BCUT2D eigenvalue weighted by atomic mass is 10.2. The van der Waals surface area contributed by atoms with Crippen molar-refractivity contribution in [3.63, 3.8) is 0 Å². The van der Waals surface area contributed by atoms with Gasteiger partial charge in [0, 0.05) is 26.2 Å². The zero-order valence-electron chi connectivity index (χ0n) is 16.9. The fourth-order valence-corrected chi connectivity index (χ4v) is 6.74. The molecule has 6 nitrogen and oxygen atoms in total. The molecule has 0 unspecified atom stereocenters. The lowest BCUT2D eigenvalue weighted by molar-refractivity contribution is 0.0768. The zero-order chi connectivity index (χ0) is 21.3. The smallest absolute Gasteiger partial charge is 0.265 e. The first-order valence-corrected chi connectivity index (χ1v) is 12.9. The fourth-order valence-electron chi connectivity index (χ4n) is 3.44. The molecule has 1 aromatic carbocycles. The van der Waals surface area contributed by atoms with Crippen LogP contribution in [0, 0.1) is 13.8 Å². The van der Waals surface area contributed by atoms with Gasteiger partial charge in [-0.25, -0.2) is 13.4 Å². The van der Waals surface area contributed by atoms with Crippen LogP contribution in [0.5, 0.6) is 0 Å². The summed E-state index contributed by atoms with van der Waals surface area (Å²) in [5, 5.41) is 2.84. The van der Waals surface area contributed by atoms with Gasteiger partial charge in [0.2, 0.25) is 10.0 Å². The number of nitrogens with zero attached hydrogens (tertiary/aromatic N) is 3. The van der Waals surface area contributed by atoms with E-state index in [1.54, 1.807) is 40.5 Å². The number of hydrogen-bond donors (Lipinski definition) is 0. The Labute approximate surface area is 184 Å². The van der Waals surface area contributed by atoms with Crippen LogP contribution in [0.4, 0.5) is 0 Å². The summed E-state index contributed by atoms with van der Waals surface area (Å²) in [7, 11) is -3.56. The Kier molecular flexibility index (Phi) is 6.06. The molecular weight excluding hydrogens is 438 g/mol. The lowest BCUT2D eigenvalue weighted by Crippen LogP contribution is -2.37. The lowest BCUT2D eigenvalue weighted by Gasteiger charge is -2.21. The molecule has 0 aliphatic carbocycles. The Hall–Kier alpha value is -2.07. The minimum absolute atomic E-state index is 0.0672. The molecule has 4 rings (SSSR count). The molecule has 2 aromatic heterocycles. The largest absolute Gasteiger partial charge is 0.337 e. The van der Waals surface area contributed by atoms with E-state index < -0.39 is 10.0 Å². The van der Waals surface area contributed by atoms with Crippen LogP contribution >= 0.6 is 22.7 Å². The quantitative estimate of drug-likeness (QED) is 0.588. The predicted octanol–water partition coefficient (Wildman–Crippen LogP) is 4.03. The van der Waals surface area contributed by atoms with Gasteiger partial charge in [0.25, 0.3) is 5.91 Å². The third-order valence-corrected chi connectivity index (χ3v) is 9.22. The number of hydrogen-bond acceptors (Lipinski definition) is 6. The number of benzene rings is 1. The van der Waals surface area contributed by atoms with Gasteiger partial charge in [-0.05, 0) is 43.8 Å². The van der Waals surface area contributed by atoms with Crippen molar-refractivity contribution >= 4 is 38.6 Å². The van der Waals surface area contributed by atoms with Gasteiger partial charge in [-0.3, -0.25) is 4.79 Å². The Morgan fingerprint density at radius 2 is 1.80 bits per heavy atom. The van der Waals surface area contributed by atoms with Crippen LogP contribution in [0.15, 0.2) is 46.7 Å². The molecule has 1 saturated heterocycles. The van der Waals surface area contributed by atoms with E-state index in [1.807, 2.05) is 31.4 Å². The summed E-state index contributed by atoms with van der Waals surface area (Å²) in [4.78, 5) is 21.5. The van der Waals surface area contributed by atoms with E-state index in [0.717, 1.165) is 21.1 Å². The number of carbonyl (C=O) groups excluding carboxylic acids is 1. The van der Waals surface area contributed by atoms with Crippen molar-refractivity contribution in [2.45, 2.75) is 25.2 Å². The Bertz CT molecular complexity index is 1140. The molecule has 0 bridgehead atoms. The number of thiazole rings is 1. The van der Waals surface area contributed by atoms with Crippen LogP contribution in [-0.4, -0.2) is 54.7 Å². The first-order chi connectivity index (χ1) is 14.4. The minimum atomic E-state index is -3.56. The van der Waals surface area contributed by atoms with Crippen molar-refractivity contribution in [2.24, 2.45) is 0 Å². The maximum absolute atomic E-state index is 13.2. The molecule has 0 spiro atoms. The van der Waals surface area contributed by atoms with Gasteiger partial charge in [-0.15, -0.1) is 22.7 Å². The van der Waals surface area contributed by atoms with E-state index in [4.69, 9.17) is 0 Å². The van der Waals surface area contributed by atoms with E-state index in [0.29, 0.717) is 35.8 Å². The number of sulfonamides is 1. The van der Waals surface area contributed by atoms with E-state index >= 15 is 0 Å². The third kappa shape index (κ3) is 4.20. The number of carbonyl (C=O) groups is 1. The Morgan fingerprint density at radius 1 is 1.03 bits per heavy atom. The number of thiophene rings is 1. The number of aryl methyl sites for hydroxylation is 2. The second-order valence-corrected chi connectivity index (χ2v) is 11.2. The van der Waals surface area contributed by atoms with Gasteiger partial charge in [-0.2, -0.15) is 4.31 Å². The summed E-state index contributed by atoms with van der Waals surface area (Å²) in [6.45, 7) is 5.38. The molecule has 1 amide bonds. The normalized spacial score (nSPS) is 15.9. The molecule has 3 heterocycles. The molecule has 0 atom stereocenters. The standard InChI is InChI=1S/C21H23N3O3S3/c1-15-6-8-17(9-7-15)30(26,27)24-11-4-10-23(12-13-24)21(25)19-16(2)22-20(29-19)18-5-3-14-28-18/h3,5-9,14H,4,10-13H2,1-2H3. The summed E-state index contributed by atoms with van der Waals surface area (Å²) in [6, 6.07) is 10.9. The highest BCUT2D eigenvalue weighted by molar-refractivity contribution is 7.89. The van der Waals surface area contributed by atoms with Gasteiger partial charge in [0.05, 0.1) is 15.5 Å². The average molecular weight is 462 g/mol. The van der Waals surface area contributed by atoms with Crippen molar-refractivity contribution < 1.29 is 13.2 Å². The van der Waals surface area contributed by atoms with Crippen LogP contribution in [-0.2, 0) is 10.0 Å². The molecule has 3 aromatic rings. The molecule has 1 aliphatic heterocycles. The highest BCUT2D eigenvalue weighted by atomic mass is 32.2. The van der Waals surface area contributed by atoms with Crippen molar-refractivity contribution in [3.8, 4) is 9.88 Å². The van der Waals surface area contributed by atoms with E-state index in [2.05, 4.69) is 4.98 Å². The monoisotopic (exact) mass is 461 g/mol. The number of rotatable bonds is 4. The molecule has 1 fully saturated rings. The summed E-state index contributed by atoms with van der Waals surface area (Å²) >= 11 is 3.01. The number of aromatic nitrogens is 1. The predicted molar refractivity (Wildman–Crippen MR) is 121 cm³/mol. The Balaban J connectivity index is 1.49. The molecule has 30 heavy (non-hydrogen) atoms. The molecule has 9 heteroatoms. The van der Waals surface area contributed by atoms with Crippen LogP contribution in [0.1, 0.15) is 27.3 Å². The van der Waals surface area contributed by atoms with Gasteiger partial charge in [0.1, 0.15) is 9.88 Å². The summed E-state index contributed by atoms with van der Waals surface area (Å²) in [6.07, 6.45) is 0.604. The van der Waals surface area contributed by atoms with Crippen LogP contribution in [0.25, 0.3) is 9.88 Å². The maximum atomic E-state index is 13.2. The second-order valence-electron chi connectivity index (χ2n) is 7.27. The number of amides is 1. The van der Waals surface area contributed by atoms with Crippen molar-refractivity contribution in [1.29, 1.82) is 0 Å². The van der Waals surface area contributed by atoms with Gasteiger partial charge < -0.3 is 4.90 Å². The first-order valence-electron chi connectivity index (χ1n) is 9.73. The second kappa shape index (κ2) is 8.58. The summed E-state index contributed by atoms with van der Waals surface area (Å²) in [5.41, 5.74) is 1.74. The summed E-state index contributed by atoms with van der Waals surface area (Å²) in [5.74, 6) is -0.0672. The fraction of sp³-hybridized carbons (Fsp3) is 0.333. The molecule has 158 valence electrons.